The predicted molar refractivity (Wildman–Crippen MR) is 79.2 cm³/mol. The maximum absolute atomic E-state index is 12.1. The molecule has 1 heterocycles. The molecule has 1 aliphatic rings. The molecule has 6 heteroatoms. The Morgan fingerprint density at radius 3 is 2.64 bits per heavy atom. The lowest BCUT2D eigenvalue weighted by atomic mass is 10.0. The minimum Gasteiger partial charge on any atom is -0.469 e. The number of nitrogens with one attached hydrogen (secondary N) is 1. The lowest BCUT2D eigenvalue weighted by molar-refractivity contribution is -0.144. The van der Waals surface area contributed by atoms with Crippen LogP contribution in [0.4, 0.5) is 0 Å². The van der Waals surface area contributed by atoms with Crippen molar-refractivity contribution in [3.8, 4) is 0 Å². The minimum atomic E-state index is -0.604. The first-order chi connectivity index (χ1) is 10.6. The number of aliphatic hydroxyl groups excluding tert-OH is 1. The second kappa shape index (κ2) is 7.72. The zero-order valence-corrected chi connectivity index (χ0v) is 12.3. The summed E-state index contributed by atoms with van der Waals surface area (Å²) in [5.74, 6) is -0.637. The number of carbonyl (C=O) groups excluding carboxylic acids is 2. The zero-order valence-electron chi connectivity index (χ0n) is 12.3. The molecule has 2 N–H and O–H groups in total. The summed E-state index contributed by atoms with van der Waals surface area (Å²) in [6.07, 6.45) is 2.43. The molecule has 0 fully saturated rings. The highest BCUT2D eigenvalue weighted by molar-refractivity contribution is 5.94. The van der Waals surface area contributed by atoms with Crippen LogP contribution in [0.2, 0.25) is 0 Å². The molecule has 3 atom stereocenters. The van der Waals surface area contributed by atoms with Crippen molar-refractivity contribution < 1.29 is 24.2 Å². The smallest absolute Gasteiger partial charge is 0.308 e. The largest absolute Gasteiger partial charge is 0.469 e. The van der Waals surface area contributed by atoms with E-state index in [-0.39, 0.29) is 18.9 Å². The molecule has 0 saturated heterocycles. The van der Waals surface area contributed by atoms with Crippen LogP contribution >= 0.6 is 0 Å². The average Bonchev–Trinajstić information content (AvgIpc) is 2.56. The van der Waals surface area contributed by atoms with Crippen molar-refractivity contribution in [2.75, 3.05) is 13.7 Å². The van der Waals surface area contributed by atoms with Gasteiger partial charge in [-0.15, -0.1) is 0 Å². The highest BCUT2D eigenvalue weighted by Crippen LogP contribution is 2.16. The molecule has 0 aromatic heterocycles. The molecule has 118 valence electrons. The Morgan fingerprint density at radius 2 is 2.00 bits per heavy atom. The van der Waals surface area contributed by atoms with Gasteiger partial charge in [0, 0.05) is 5.56 Å². The Bertz CT molecular complexity index is 543. The van der Waals surface area contributed by atoms with Gasteiger partial charge in [0.05, 0.1) is 32.3 Å². The molecule has 2 rings (SSSR count). The first kappa shape index (κ1) is 16.2. The van der Waals surface area contributed by atoms with Gasteiger partial charge in [-0.25, -0.2) is 0 Å². The third-order valence-electron chi connectivity index (χ3n) is 3.39. The number of methoxy groups -OCH3 is 1. The van der Waals surface area contributed by atoms with Gasteiger partial charge in [-0.05, 0) is 12.1 Å². The van der Waals surface area contributed by atoms with E-state index in [9.17, 15) is 14.7 Å². The van der Waals surface area contributed by atoms with Gasteiger partial charge in [0.1, 0.15) is 6.10 Å². The standard InChI is InChI=1S/C16H19NO5/c1-21-15(19)9-12-7-8-13(14(10-18)22-12)17-16(20)11-5-3-2-4-6-11/h2-8,12-14,18H,9-10H2,1H3,(H,17,20)/t12-,13-,14+/m1/s1. The number of aliphatic hydroxyl groups is 1. The third kappa shape index (κ3) is 4.16. The monoisotopic (exact) mass is 305 g/mol. The van der Waals surface area contributed by atoms with E-state index in [1.807, 2.05) is 6.07 Å². The molecule has 0 aliphatic carbocycles. The van der Waals surface area contributed by atoms with Crippen LogP contribution in [0, 0.1) is 0 Å². The van der Waals surface area contributed by atoms with Crippen LogP contribution in [0.3, 0.4) is 0 Å². The van der Waals surface area contributed by atoms with E-state index in [1.165, 1.54) is 7.11 Å². The van der Waals surface area contributed by atoms with E-state index in [4.69, 9.17) is 4.74 Å². The Kier molecular flexibility index (Phi) is 5.68. The van der Waals surface area contributed by atoms with Gasteiger partial charge in [0.25, 0.3) is 5.91 Å². The molecule has 1 aromatic rings. The van der Waals surface area contributed by atoms with Crippen molar-refractivity contribution >= 4 is 11.9 Å². The summed E-state index contributed by atoms with van der Waals surface area (Å²) in [5.41, 5.74) is 0.532. The van der Waals surface area contributed by atoms with Crippen LogP contribution in [0.15, 0.2) is 42.5 Å². The molecule has 1 amide bonds. The molecular formula is C16H19NO5. The molecule has 0 saturated carbocycles. The quantitative estimate of drug-likeness (QED) is 0.617. The van der Waals surface area contributed by atoms with Crippen LogP contribution in [-0.2, 0) is 14.3 Å². The van der Waals surface area contributed by atoms with Crippen LogP contribution in [0.5, 0.6) is 0 Å². The predicted octanol–water partition coefficient (Wildman–Crippen LogP) is 0.664. The van der Waals surface area contributed by atoms with Crippen LogP contribution in [0.1, 0.15) is 16.8 Å². The van der Waals surface area contributed by atoms with Gasteiger partial charge in [0.15, 0.2) is 0 Å². The number of amides is 1. The van der Waals surface area contributed by atoms with Crippen molar-refractivity contribution in [1.29, 1.82) is 0 Å². The van der Waals surface area contributed by atoms with Crippen LogP contribution < -0.4 is 5.32 Å². The molecule has 0 unspecified atom stereocenters. The Balaban J connectivity index is 2.00. The van der Waals surface area contributed by atoms with E-state index in [0.29, 0.717) is 5.56 Å². The maximum Gasteiger partial charge on any atom is 0.308 e. The second-order valence-electron chi connectivity index (χ2n) is 4.93. The molecule has 0 spiro atoms. The number of benzene rings is 1. The molecule has 0 bridgehead atoms. The van der Waals surface area contributed by atoms with E-state index in [1.54, 1.807) is 36.4 Å². The minimum absolute atomic E-state index is 0.0723. The molecule has 1 aromatic carbocycles. The third-order valence-corrected chi connectivity index (χ3v) is 3.39. The normalized spacial score (nSPS) is 23.8. The van der Waals surface area contributed by atoms with Crippen molar-refractivity contribution in [3.05, 3.63) is 48.0 Å². The lowest BCUT2D eigenvalue weighted by Gasteiger charge is -2.31. The summed E-state index contributed by atoms with van der Waals surface area (Å²) < 4.78 is 10.2. The van der Waals surface area contributed by atoms with Crippen LogP contribution in [-0.4, -0.2) is 48.9 Å². The maximum atomic E-state index is 12.1. The highest BCUT2D eigenvalue weighted by Gasteiger charge is 2.29. The van der Waals surface area contributed by atoms with Crippen molar-refractivity contribution in [2.24, 2.45) is 0 Å². The Labute approximate surface area is 128 Å². The van der Waals surface area contributed by atoms with Gasteiger partial charge >= 0.3 is 5.97 Å². The van der Waals surface area contributed by atoms with Gasteiger partial charge in [-0.3, -0.25) is 9.59 Å². The lowest BCUT2D eigenvalue weighted by Crippen LogP contribution is -2.48. The summed E-state index contributed by atoms with van der Waals surface area (Å²) in [7, 11) is 1.31. The first-order valence-corrected chi connectivity index (χ1v) is 7.01. The Hall–Kier alpha value is -2.18. The summed E-state index contributed by atoms with van der Waals surface area (Å²) in [5, 5.41) is 12.2. The summed E-state index contributed by atoms with van der Waals surface area (Å²) in [6, 6.07) is 8.34. The average molecular weight is 305 g/mol. The zero-order chi connectivity index (χ0) is 15.9. The number of carbonyl (C=O) groups is 2. The fraction of sp³-hybridized carbons (Fsp3) is 0.375. The van der Waals surface area contributed by atoms with E-state index in [2.05, 4.69) is 10.1 Å². The van der Waals surface area contributed by atoms with Crippen molar-refractivity contribution in [1.82, 2.24) is 5.32 Å². The second-order valence-corrected chi connectivity index (χ2v) is 4.93. The van der Waals surface area contributed by atoms with Gasteiger partial charge < -0.3 is 19.9 Å². The molecular weight excluding hydrogens is 286 g/mol. The summed E-state index contributed by atoms with van der Waals surface area (Å²) in [4.78, 5) is 23.4. The van der Waals surface area contributed by atoms with Crippen molar-refractivity contribution in [2.45, 2.75) is 24.7 Å². The van der Waals surface area contributed by atoms with E-state index in [0.717, 1.165) is 0 Å². The van der Waals surface area contributed by atoms with Crippen LogP contribution in [0.25, 0.3) is 0 Å². The Morgan fingerprint density at radius 1 is 1.27 bits per heavy atom. The van der Waals surface area contributed by atoms with Gasteiger partial charge in [0.2, 0.25) is 0 Å². The van der Waals surface area contributed by atoms with E-state index < -0.39 is 24.2 Å². The molecule has 22 heavy (non-hydrogen) atoms. The summed E-state index contributed by atoms with van der Waals surface area (Å²) in [6.45, 7) is -0.262. The van der Waals surface area contributed by atoms with Crippen molar-refractivity contribution in [3.63, 3.8) is 0 Å². The molecule has 1 aliphatic heterocycles. The summed E-state index contributed by atoms with van der Waals surface area (Å²) >= 11 is 0. The molecule has 0 radical (unpaired) electrons. The fourth-order valence-electron chi connectivity index (χ4n) is 2.21. The van der Waals surface area contributed by atoms with Gasteiger partial charge in [-0.2, -0.15) is 0 Å². The topological polar surface area (TPSA) is 84.9 Å². The van der Waals surface area contributed by atoms with E-state index >= 15 is 0 Å². The number of hydrogen-bond donors (Lipinski definition) is 2. The SMILES string of the molecule is COC(=O)C[C@H]1C=C[C@@H](NC(=O)c2ccccc2)[C@H](CO)O1. The highest BCUT2D eigenvalue weighted by atomic mass is 16.5. The number of ether oxygens (including phenoxy) is 2. The van der Waals surface area contributed by atoms with Gasteiger partial charge in [-0.1, -0.05) is 30.4 Å². The number of esters is 1. The first-order valence-electron chi connectivity index (χ1n) is 7.01. The fourth-order valence-corrected chi connectivity index (χ4v) is 2.21. The number of hydrogen-bond acceptors (Lipinski definition) is 5. The molecule has 6 nitrogen and oxygen atoms in total. The number of rotatable bonds is 5.